The molecule has 0 spiro atoms. The van der Waals surface area contributed by atoms with Gasteiger partial charge in [-0.3, -0.25) is 0 Å². The molecule has 0 aliphatic heterocycles. The van der Waals surface area contributed by atoms with E-state index in [2.05, 4.69) is 111 Å². The molecule has 0 fully saturated rings. The van der Waals surface area contributed by atoms with Crippen molar-refractivity contribution < 1.29 is 38.0 Å². The van der Waals surface area contributed by atoms with E-state index in [1.807, 2.05) is 36.4 Å². The molecule has 0 heterocycles. The molecule has 308 valence electrons. The second kappa shape index (κ2) is 26.1. The van der Waals surface area contributed by atoms with Crippen LogP contribution in [0.4, 0.5) is 0 Å². The lowest BCUT2D eigenvalue weighted by Gasteiger charge is -2.38. The van der Waals surface area contributed by atoms with E-state index < -0.39 is 21.8 Å². The zero-order valence-corrected chi connectivity index (χ0v) is 38.9. The normalized spacial score (nSPS) is 12.5. The topological polar surface area (TPSA) is 84.8 Å². The van der Waals surface area contributed by atoms with Gasteiger partial charge < -0.3 is 38.0 Å². The van der Waals surface area contributed by atoms with E-state index in [4.69, 9.17) is 43.9 Å². The number of halogens is 1. The summed E-state index contributed by atoms with van der Waals surface area (Å²) in [4.78, 5) is 0. The van der Waals surface area contributed by atoms with E-state index in [-0.39, 0.29) is 31.3 Å². The molecule has 0 radical (unpaired) electrons. The summed E-state index contributed by atoms with van der Waals surface area (Å²) in [6, 6.07) is 11.5. The summed E-state index contributed by atoms with van der Waals surface area (Å²) in [5.41, 5.74) is 3.71. The number of benzene rings is 2. The molecule has 0 aliphatic rings. The average Bonchev–Trinajstić information content (AvgIpc) is 3.10. The van der Waals surface area contributed by atoms with Gasteiger partial charge in [0.2, 0.25) is 0 Å². The Morgan fingerprint density at radius 2 is 1.13 bits per heavy atom. The maximum absolute atomic E-state index is 10.2. The van der Waals surface area contributed by atoms with Crippen molar-refractivity contribution >= 4 is 26.8 Å². The standard InChI is InChI=1S/C22H34O4Si.C16H20O4.C6H15ClSi/c1-9-12-18-19(13-10-14-20(18)24-6)21(15-11-16-25-17-23-5)26-27(7,8)22(2,3)4;1-4-7-14-13(8-5-10-16(14)19-3)15(17)9-6-11-20-12-18-2;1-6(2,3)8(4,5)7/h9-10,13-14,21H,1,12,16-17H2,2-8H3;4-5,8,10,15,17H,1,7,11-12H2,2-3H3;1-5H3/t21-;15-;/m00./s1. The van der Waals surface area contributed by atoms with Gasteiger partial charge in [-0.15, -0.1) is 13.2 Å². The largest absolute Gasteiger partial charge is 0.496 e. The van der Waals surface area contributed by atoms with Crippen LogP contribution < -0.4 is 9.47 Å². The molecule has 11 heteroatoms. The van der Waals surface area contributed by atoms with Gasteiger partial charge in [-0.05, 0) is 59.3 Å². The van der Waals surface area contributed by atoms with Crippen molar-refractivity contribution in [2.75, 3.05) is 55.2 Å². The Labute approximate surface area is 340 Å². The molecule has 0 saturated carbocycles. The zero-order chi connectivity index (χ0) is 42.3. The Bertz CT molecular complexity index is 1540. The van der Waals surface area contributed by atoms with E-state index >= 15 is 0 Å². The molecule has 0 unspecified atom stereocenters. The van der Waals surface area contributed by atoms with Crippen LogP contribution >= 0.6 is 11.1 Å². The van der Waals surface area contributed by atoms with E-state index in [0.29, 0.717) is 24.5 Å². The number of rotatable bonds is 16. The number of aliphatic hydroxyl groups is 1. The highest BCUT2D eigenvalue weighted by Gasteiger charge is 2.39. The minimum atomic E-state index is -2.03. The summed E-state index contributed by atoms with van der Waals surface area (Å²) >= 11 is 6.15. The molecule has 2 rings (SSSR count). The molecule has 2 atom stereocenters. The third-order valence-corrected chi connectivity index (χ3v) is 19.0. The Kier molecular flexibility index (Phi) is 24.8. The van der Waals surface area contributed by atoms with Crippen molar-refractivity contribution in [1.29, 1.82) is 0 Å². The Hall–Kier alpha value is -2.88. The quantitative estimate of drug-likeness (QED) is 0.0448. The van der Waals surface area contributed by atoms with Gasteiger partial charge in [-0.2, -0.15) is 11.1 Å². The monoisotopic (exact) mass is 816 g/mol. The molecule has 0 bridgehead atoms. The maximum Gasteiger partial charge on any atom is 0.194 e. The van der Waals surface area contributed by atoms with Gasteiger partial charge in [0, 0.05) is 25.3 Å². The van der Waals surface area contributed by atoms with Crippen molar-refractivity contribution in [1.82, 2.24) is 0 Å². The summed E-state index contributed by atoms with van der Waals surface area (Å²) in [5, 5.41) is 10.6. The third-order valence-electron chi connectivity index (χ3n) is 9.28. The summed E-state index contributed by atoms with van der Waals surface area (Å²) in [6.45, 7) is 30.6. The van der Waals surface area contributed by atoms with E-state index in [1.165, 1.54) is 0 Å². The van der Waals surface area contributed by atoms with Crippen LogP contribution in [0, 0.1) is 23.7 Å². The van der Waals surface area contributed by atoms with E-state index in [9.17, 15) is 5.11 Å². The number of allylic oxidation sites excluding steroid dienone is 2. The first-order chi connectivity index (χ1) is 25.7. The van der Waals surface area contributed by atoms with Gasteiger partial charge >= 0.3 is 0 Å². The van der Waals surface area contributed by atoms with Crippen LogP contribution in [0.15, 0.2) is 61.7 Å². The van der Waals surface area contributed by atoms with Gasteiger partial charge in [-0.25, -0.2) is 0 Å². The highest BCUT2D eigenvalue weighted by Crippen LogP contribution is 2.41. The Balaban J connectivity index is 0.000000910. The fourth-order valence-electron chi connectivity index (χ4n) is 4.12. The van der Waals surface area contributed by atoms with Crippen LogP contribution in [-0.4, -0.2) is 76.0 Å². The number of methoxy groups -OCH3 is 4. The molecule has 0 aliphatic carbocycles. The number of aliphatic hydroxyl groups excluding tert-OH is 1. The smallest absolute Gasteiger partial charge is 0.194 e. The van der Waals surface area contributed by atoms with E-state index in [0.717, 1.165) is 33.8 Å². The first kappa shape index (κ1) is 52.1. The first-order valence-corrected chi connectivity index (χ1v) is 25.3. The van der Waals surface area contributed by atoms with Gasteiger partial charge in [0.05, 0.1) is 14.2 Å². The lowest BCUT2D eigenvalue weighted by atomic mass is 9.99. The highest BCUT2D eigenvalue weighted by atomic mass is 35.6. The van der Waals surface area contributed by atoms with Crippen LogP contribution in [-0.2, 0) is 36.2 Å². The van der Waals surface area contributed by atoms with Crippen molar-refractivity contribution in [3.63, 3.8) is 0 Å². The second-order valence-corrected chi connectivity index (χ2v) is 27.6. The molecule has 55 heavy (non-hydrogen) atoms. The van der Waals surface area contributed by atoms with E-state index in [1.54, 1.807) is 34.5 Å². The summed E-state index contributed by atoms with van der Waals surface area (Å²) in [5.74, 6) is 13.4. The van der Waals surface area contributed by atoms with Gasteiger partial charge in [0.15, 0.2) is 15.7 Å². The Morgan fingerprint density at radius 1 is 0.709 bits per heavy atom. The molecule has 0 aromatic heterocycles. The predicted octanol–water partition coefficient (Wildman–Crippen LogP) is 10.4. The SMILES string of the molecule is C=CCc1c(OC)cccc1[C@@H](O)C#CCOCOC.C=CCc1c(OC)cccc1[C@H](C#CCOCOC)O[Si](C)(C)C(C)(C)C.CC(C)(C)[Si](C)(C)Cl. The minimum Gasteiger partial charge on any atom is -0.496 e. The van der Waals surface area contributed by atoms with Crippen molar-refractivity contribution in [2.45, 2.75) is 103 Å². The van der Waals surface area contributed by atoms with Gasteiger partial charge in [0.1, 0.15) is 50.5 Å². The molecule has 0 saturated heterocycles. The third kappa shape index (κ3) is 19.2. The fraction of sp³-hybridized carbons (Fsp3) is 0.545. The van der Waals surface area contributed by atoms with Crippen LogP contribution in [0.2, 0.25) is 36.3 Å². The second-order valence-electron chi connectivity index (χ2n) is 15.6. The summed E-state index contributed by atoms with van der Waals surface area (Å²) < 4.78 is 37.5. The number of hydrogen-bond acceptors (Lipinski definition) is 8. The van der Waals surface area contributed by atoms with Crippen LogP contribution in [0.25, 0.3) is 0 Å². The van der Waals surface area contributed by atoms with Gasteiger partial charge in [-0.1, -0.05) is 115 Å². The molecule has 0 amide bonds. The van der Waals surface area contributed by atoms with Crippen LogP contribution in [0.1, 0.15) is 76.0 Å². The molecule has 8 nitrogen and oxygen atoms in total. The zero-order valence-electron chi connectivity index (χ0n) is 36.1. The lowest BCUT2D eigenvalue weighted by Crippen LogP contribution is -2.41. The predicted molar refractivity (Wildman–Crippen MR) is 234 cm³/mol. The van der Waals surface area contributed by atoms with Crippen molar-refractivity contribution in [3.8, 4) is 35.2 Å². The van der Waals surface area contributed by atoms with Crippen molar-refractivity contribution in [2.24, 2.45) is 0 Å². The Morgan fingerprint density at radius 3 is 1.51 bits per heavy atom. The average molecular weight is 818 g/mol. The highest BCUT2D eigenvalue weighted by molar-refractivity contribution is 7.20. The number of ether oxygens (including phenoxy) is 6. The van der Waals surface area contributed by atoms with Crippen LogP contribution in [0.5, 0.6) is 11.5 Å². The molecule has 2 aromatic rings. The fourth-order valence-corrected chi connectivity index (χ4v) is 5.25. The lowest BCUT2D eigenvalue weighted by molar-refractivity contribution is -0.0168. The summed E-state index contributed by atoms with van der Waals surface area (Å²) in [6.07, 6.45) is 3.72. The molecule has 1 N–H and O–H groups in total. The first-order valence-electron chi connectivity index (χ1n) is 18.4. The van der Waals surface area contributed by atoms with Crippen LogP contribution in [0.3, 0.4) is 0 Å². The van der Waals surface area contributed by atoms with Crippen molar-refractivity contribution in [3.05, 3.63) is 84.0 Å². The minimum absolute atomic E-state index is 0.0803. The maximum atomic E-state index is 10.2. The van der Waals surface area contributed by atoms with Gasteiger partial charge in [0.25, 0.3) is 0 Å². The summed E-state index contributed by atoms with van der Waals surface area (Å²) in [7, 11) is 2.99. The molecular formula is C44H69ClO8Si2. The number of hydrogen-bond donors (Lipinski definition) is 1. The molecule has 2 aromatic carbocycles. The molecular weight excluding hydrogens is 748 g/mol.